The molecule has 3 rings (SSSR count). The first-order valence-corrected chi connectivity index (χ1v) is 10.7. The molecule has 33 heavy (non-hydrogen) atoms. The first kappa shape index (κ1) is 24.3. The molecule has 0 spiro atoms. The van der Waals surface area contributed by atoms with Crippen LogP contribution in [0.2, 0.25) is 0 Å². The molecule has 1 aliphatic carbocycles. The fourth-order valence-electron chi connectivity index (χ4n) is 3.94. The summed E-state index contributed by atoms with van der Waals surface area (Å²) in [6, 6.07) is 14.9. The maximum atomic E-state index is 12.9. The molecule has 0 saturated carbocycles. The minimum atomic E-state index is -1.16. The van der Waals surface area contributed by atoms with E-state index in [0.717, 1.165) is 27.2 Å². The van der Waals surface area contributed by atoms with Gasteiger partial charge in [0, 0.05) is 13.0 Å². The zero-order chi connectivity index (χ0) is 24.2. The maximum absolute atomic E-state index is 12.9. The van der Waals surface area contributed by atoms with Crippen LogP contribution in [0.15, 0.2) is 48.5 Å². The van der Waals surface area contributed by atoms with Gasteiger partial charge in [0.05, 0.1) is 13.5 Å². The lowest BCUT2D eigenvalue weighted by atomic mass is 9.98. The van der Waals surface area contributed by atoms with E-state index in [9.17, 15) is 14.4 Å². The van der Waals surface area contributed by atoms with E-state index in [1.807, 2.05) is 48.5 Å². The Balaban J connectivity index is 1.72. The zero-order valence-electron chi connectivity index (χ0n) is 19.6. The molecule has 2 aromatic rings. The van der Waals surface area contributed by atoms with Crippen LogP contribution < -0.4 is 5.48 Å². The van der Waals surface area contributed by atoms with E-state index in [1.165, 1.54) is 14.2 Å². The number of nitrogens with one attached hydrogen (secondary N) is 1. The lowest BCUT2D eigenvalue weighted by Gasteiger charge is -2.27. The van der Waals surface area contributed by atoms with Crippen LogP contribution in [-0.2, 0) is 23.9 Å². The number of hydroxylamine groups is 1. The normalized spacial score (nSPS) is 13.5. The number of carbonyl (C=O) groups is 3. The summed E-state index contributed by atoms with van der Waals surface area (Å²) in [6.07, 6.45) is -1.07. The Morgan fingerprint density at radius 2 is 1.55 bits per heavy atom. The van der Waals surface area contributed by atoms with Gasteiger partial charge >= 0.3 is 12.1 Å². The van der Waals surface area contributed by atoms with E-state index < -0.39 is 29.6 Å². The summed E-state index contributed by atoms with van der Waals surface area (Å²) >= 11 is 0. The number of likely N-dealkylation sites (N-methyl/N-ethyl adjacent to an activating group) is 1. The third-order valence-electron chi connectivity index (χ3n) is 5.38. The SMILES string of the molecule is CONC(=O)[C@H](CC(=O)OC(C)(C)C)N(C)C(=O)OCC1c2ccccc2-c2ccccc21. The molecule has 0 aromatic heterocycles. The van der Waals surface area contributed by atoms with Crippen LogP contribution in [0, 0.1) is 0 Å². The van der Waals surface area contributed by atoms with Gasteiger partial charge < -0.3 is 9.47 Å². The van der Waals surface area contributed by atoms with E-state index in [1.54, 1.807) is 20.8 Å². The van der Waals surface area contributed by atoms with Crippen molar-refractivity contribution in [1.29, 1.82) is 0 Å². The highest BCUT2D eigenvalue weighted by Gasteiger charge is 2.34. The molecule has 1 N–H and O–H groups in total. The van der Waals surface area contributed by atoms with Crippen molar-refractivity contribution in [2.24, 2.45) is 0 Å². The van der Waals surface area contributed by atoms with Crippen LogP contribution in [0.1, 0.15) is 44.2 Å². The van der Waals surface area contributed by atoms with Crippen LogP contribution in [0.5, 0.6) is 0 Å². The molecule has 0 bridgehead atoms. The summed E-state index contributed by atoms with van der Waals surface area (Å²) in [4.78, 5) is 43.5. The smallest absolute Gasteiger partial charge is 0.410 e. The van der Waals surface area contributed by atoms with Crippen LogP contribution in [0.3, 0.4) is 0 Å². The number of rotatable bonds is 7. The second-order valence-electron chi connectivity index (χ2n) is 8.89. The fourth-order valence-corrected chi connectivity index (χ4v) is 3.94. The molecule has 0 fully saturated rings. The minimum Gasteiger partial charge on any atom is -0.460 e. The number of esters is 1. The lowest BCUT2D eigenvalue weighted by Crippen LogP contribution is -2.49. The van der Waals surface area contributed by atoms with Gasteiger partial charge in [0.2, 0.25) is 0 Å². The topological polar surface area (TPSA) is 94.2 Å². The number of hydrogen-bond acceptors (Lipinski definition) is 6. The molecule has 0 saturated heterocycles. The largest absolute Gasteiger partial charge is 0.460 e. The summed E-state index contributed by atoms with van der Waals surface area (Å²) in [5.74, 6) is -1.39. The molecule has 1 aliphatic rings. The van der Waals surface area contributed by atoms with E-state index in [-0.39, 0.29) is 18.9 Å². The first-order valence-electron chi connectivity index (χ1n) is 10.7. The van der Waals surface area contributed by atoms with Crippen LogP contribution in [-0.4, -0.2) is 55.3 Å². The average molecular weight is 455 g/mol. The Labute approximate surface area is 193 Å². The number of carbonyl (C=O) groups excluding carboxylic acids is 3. The van der Waals surface area contributed by atoms with Crippen molar-refractivity contribution in [3.63, 3.8) is 0 Å². The first-order chi connectivity index (χ1) is 15.6. The van der Waals surface area contributed by atoms with Crippen molar-refractivity contribution in [2.45, 2.75) is 44.8 Å². The molecule has 0 unspecified atom stereocenters. The van der Waals surface area contributed by atoms with Gasteiger partial charge in [-0.05, 0) is 43.0 Å². The third kappa shape index (κ3) is 5.70. The predicted octanol–water partition coefficient (Wildman–Crippen LogP) is 3.65. The van der Waals surface area contributed by atoms with Gasteiger partial charge in [0.15, 0.2) is 0 Å². The summed E-state index contributed by atoms with van der Waals surface area (Å²) < 4.78 is 10.9. The summed E-state index contributed by atoms with van der Waals surface area (Å²) in [5.41, 5.74) is 5.85. The number of hydrogen-bond donors (Lipinski definition) is 1. The Bertz CT molecular complexity index is 984. The molecular weight excluding hydrogens is 424 g/mol. The van der Waals surface area contributed by atoms with Crippen LogP contribution >= 0.6 is 0 Å². The third-order valence-corrected chi connectivity index (χ3v) is 5.38. The molecular formula is C25H30N2O6. The summed E-state index contributed by atoms with van der Waals surface area (Å²) in [6.45, 7) is 5.28. The molecule has 1 atom stereocenters. The fraction of sp³-hybridized carbons (Fsp3) is 0.400. The van der Waals surface area contributed by atoms with Gasteiger partial charge in [0.25, 0.3) is 5.91 Å². The second-order valence-corrected chi connectivity index (χ2v) is 8.89. The lowest BCUT2D eigenvalue weighted by molar-refractivity contribution is -0.158. The van der Waals surface area contributed by atoms with Crippen molar-refractivity contribution < 1.29 is 28.7 Å². The molecule has 0 aliphatic heterocycles. The highest BCUT2D eigenvalue weighted by molar-refractivity contribution is 5.89. The number of ether oxygens (including phenoxy) is 2. The van der Waals surface area contributed by atoms with Gasteiger partial charge in [-0.2, -0.15) is 0 Å². The quantitative estimate of drug-likeness (QED) is 0.507. The second kappa shape index (κ2) is 10.0. The van der Waals surface area contributed by atoms with E-state index in [2.05, 4.69) is 10.3 Å². The van der Waals surface area contributed by atoms with Gasteiger partial charge in [0.1, 0.15) is 18.2 Å². The van der Waals surface area contributed by atoms with Gasteiger partial charge in [-0.15, -0.1) is 0 Å². The van der Waals surface area contributed by atoms with Gasteiger partial charge in [-0.1, -0.05) is 48.5 Å². The van der Waals surface area contributed by atoms with Crippen LogP contribution in [0.4, 0.5) is 4.79 Å². The highest BCUT2D eigenvalue weighted by Crippen LogP contribution is 2.44. The molecule has 8 nitrogen and oxygen atoms in total. The standard InChI is InChI=1S/C25H30N2O6/c1-25(2,3)33-22(28)14-21(23(29)26-31-5)27(4)24(30)32-15-20-18-12-8-6-10-16(18)17-11-7-9-13-19(17)20/h6-13,20-21H,14-15H2,1-5H3,(H,26,29)/t21-/m0/s1. The van der Waals surface area contributed by atoms with Crippen molar-refractivity contribution in [2.75, 3.05) is 20.8 Å². The van der Waals surface area contributed by atoms with Gasteiger partial charge in [-0.3, -0.25) is 19.3 Å². The monoisotopic (exact) mass is 454 g/mol. The van der Waals surface area contributed by atoms with Crippen molar-refractivity contribution in [3.8, 4) is 11.1 Å². The number of amides is 2. The highest BCUT2D eigenvalue weighted by atomic mass is 16.6. The van der Waals surface area contributed by atoms with E-state index in [4.69, 9.17) is 9.47 Å². The maximum Gasteiger partial charge on any atom is 0.410 e. The molecule has 0 radical (unpaired) electrons. The summed E-state index contributed by atoms with van der Waals surface area (Å²) in [5, 5.41) is 0. The van der Waals surface area contributed by atoms with Crippen LogP contribution in [0.25, 0.3) is 11.1 Å². The van der Waals surface area contributed by atoms with Crippen molar-refractivity contribution in [1.82, 2.24) is 10.4 Å². The number of fused-ring (bicyclic) bond motifs is 3. The summed E-state index contributed by atoms with van der Waals surface area (Å²) in [7, 11) is 2.68. The Morgan fingerprint density at radius 3 is 2.06 bits per heavy atom. The molecule has 0 heterocycles. The number of benzene rings is 2. The Morgan fingerprint density at radius 1 is 1.00 bits per heavy atom. The zero-order valence-corrected chi connectivity index (χ0v) is 19.6. The molecule has 176 valence electrons. The Kier molecular flexibility index (Phi) is 7.38. The van der Waals surface area contributed by atoms with Crippen molar-refractivity contribution >= 4 is 18.0 Å². The Hall–Kier alpha value is -3.39. The molecule has 8 heteroatoms. The van der Waals surface area contributed by atoms with Gasteiger partial charge in [-0.25, -0.2) is 10.3 Å². The minimum absolute atomic E-state index is 0.0995. The van der Waals surface area contributed by atoms with E-state index >= 15 is 0 Å². The number of nitrogens with zero attached hydrogens (tertiary/aromatic N) is 1. The molecule has 2 aromatic carbocycles. The average Bonchev–Trinajstić information content (AvgIpc) is 3.08. The predicted molar refractivity (Wildman–Crippen MR) is 122 cm³/mol. The van der Waals surface area contributed by atoms with E-state index in [0.29, 0.717) is 0 Å². The molecule has 2 amide bonds. The van der Waals surface area contributed by atoms with Crippen molar-refractivity contribution in [3.05, 3.63) is 59.7 Å².